The minimum atomic E-state index is -2.18. The van der Waals surface area contributed by atoms with Crippen LogP contribution >= 0.6 is 0 Å². The molecule has 1 aliphatic carbocycles. The molecule has 0 fully saturated rings. The molecule has 0 saturated carbocycles. The van der Waals surface area contributed by atoms with E-state index >= 15 is 0 Å². The summed E-state index contributed by atoms with van der Waals surface area (Å²) in [6.07, 6.45) is 1.86. The number of nitrogens with zero attached hydrogens (tertiary/aromatic N) is 1. The Hall–Kier alpha value is -3.04. The number of aryl methyl sites for hydroxylation is 3. The Morgan fingerprint density at radius 2 is 1.72 bits per heavy atom. The van der Waals surface area contributed by atoms with Crippen molar-refractivity contribution in [1.29, 1.82) is 0 Å². The van der Waals surface area contributed by atoms with E-state index in [1.807, 2.05) is 6.08 Å². The second kappa shape index (κ2) is 8.52. The van der Waals surface area contributed by atoms with Gasteiger partial charge in [0.1, 0.15) is 12.4 Å². The van der Waals surface area contributed by atoms with E-state index in [-0.39, 0.29) is 5.41 Å². The smallest absolute Gasteiger partial charge is 0.122 e. The van der Waals surface area contributed by atoms with Crippen LogP contribution in [0.5, 0.6) is 5.75 Å². The molecule has 5 rings (SSSR count). The molecule has 186 valence electrons. The van der Waals surface area contributed by atoms with Crippen molar-refractivity contribution < 1.29 is 4.74 Å². The van der Waals surface area contributed by atoms with Crippen LogP contribution in [0.15, 0.2) is 67.3 Å². The second-order valence-electron chi connectivity index (χ2n) is 12.1. The summed E-state index contributed by atoms with van der Waals surface area (Å²) < 4.78 is 8.96. The van der Waals surface area contributed by atoms with Crippen LogP contribution in [0.2, 0.25) is 13.1 Å². The van der Waals surface area contributed by atoms with Gasteiger partial charge in [-0.2, -0.15) is 0 Å². The lowest BCUT2D eigenvalue weighted by Gasteiger charge is -2.36. The van der Waals surface area contributed by atoms with Gasteiger partial charge in [0.25, 0.3) is 0 Å². The Kier molecular flexibility index (Phi) is 5.83. The molecule has 0 bridgehead atoms. The maximum atomic E-state index is 6.54. The van der Waals surface area contributed by atoms with Gasteiger partial charge in [0.05, 0.1) is 13.8 Å². The Labute approximate surface area is 217 Å². The maximum absolute atomic E-state index is 6.54. The fraction of sp³-hybridized carbons (Fsp3) is 0.333. The number of rotatable bonds is 5. The average Bonchev–Trinajstić information content (AvgIpc) is 3.30. The number of fused-ring (bicyclic) bond motifs is 5. The predicted molar refractivity (Wildman–Crippen MR) is 158 cm³/mol. The highest BCUT2D eigenvalue weighted by Crippen LogP contribution is 2.53. The molecule has 0 saturated heterocycles. The highest BCUT2D eigenvalue weighted by molar-refractivity contribution is 6.92. The summed E-state index contributed by atoms with van der Waals surface area (Å²) in [6.45, 7) is 20.8. The first-order valence-electron chi connectivity index (χ1n) is 13.0. The van der Waals surface area contributed by atoms with Gasteiger partial charge in [0.2, 0.25) is 0 Å². The van der Waals surface area contributed by atoms with E-state index in [0.717, 1.165) is 5.75 Å². The third-order valence-electron chi connectivity index (χ3n) is 8.01. The molecule has 2 nitrogen and oxygen atoms in total. The lowest BCUT2D eigenvalue weighted by atomic mass is 9.85. The van der Waals surface area contributed by atoms with Crippen molar-refractivity contribution in [2.75, 3.05) is 6.61 Å². The zero-order valence-corrected chi connectivity index (χ0v) is 24.1. The topological polar surface area (TPSA) is 14.2 Å². The fourth-order valence-electron chi connectivity index (χ4n) is 6.34. The molecule has 1 aliphatic rings. The summed E-state index contributed by atoms with van der Waals surface area (Å²) in [5, 5.41) is 2.80. The van der Waals surface area contributed by atoms with Crippen LogP contribution in [0, 0.1) is 13.8 Å². The third-order valence-corrected chi connectivity index (χ3v) is 11.8. The van der Waals surface area contributed by atoms with Crippen molar-refractivity contribution in [2.45, 2.75) is 58.7 Å². The van der Waals surface area contributed by atoms with Crippen molar-refractivity contribution in [2.24, 2.45) is 7.05 Å². The number of aromatic nitrogens is 1. The molecule has 36 heavy (non-hydrogen) atoms. The second-order valence-corrected chi connectivity index (χ2v) is 16.7. The van der Waals surface area contributed by atoms with Crippen LogP contribution in [-0.4, -0.2) is 19.2 Å². The summed E-state index contributed by atoms with van der Waals surface area (Å²) in [7, 11) is 0.0505. The van der Waals surface area contributed by atoms with Gasteiger partial charge in [0, 0.05) is 29.1 Å². The van der Waals surface area contributed by atoms with Crippen molar-refractivity contribution in [1.82, 2.24) is 4.57 Å². The summed E-state index contributed by atoms with van der Waals surface area (Å²) in [5.41, 5.74) is 11.3. The third kappa shape index (κ3) is 3.67. The van der Waals surface area contributed by atoms with Gasteiger partial charge in [-0.3, -0.25) is 0 Å². The van der Waals surface area contributed by atoms with Crippen molar-refractivity contribution in [3.63, 3.8) is 0 Å². The van der Waals surface area contributed by atoms with Gasteiger partial charge in [-0.25, -0.2) is 0 Å². The molecule has 0 spiro atoms. The Balaban J connectivity index is 1.84. The summed E-state index contributed by atoms with van der Waals surface area (Å²) in [5.74, 6) is 1.08. The highest BCUT2D eigenvalue weighted by Gasteiger charge is 2.46. The molecular formula is C33H39NOSi. The van der Waals surface area contributed by atoms with Crippen molar-refractivity contribution >= 4 is 24.2 Å². The van der Waals surface area contributed by atoms with Crippen LogP contribution in [-0.2, 0) is 12.5 Å². The van der Waals surface area contributed by atoms with Gasteiger partial charge in [-0.15, -0.1) is 0 Å². The van der Waals surface area contributed by atoms with Crippen molar-refractivity contribution in [3.05, 3.63) is 95.1 Å². The van der Waals surface area contributed by atoms with Crippen LogP contribution in [0.3, 0.4) is 0 Å². The Morgan fingerprint density at radius 1 is 1.00 bits per heavy atom. The minimum absolute atomic E-state index is 0.0168. The Bertz CT molecular complexity index is 1500. The molecule has 1 heterocycles. The molecular weight excluding hydrogens is 454 g/mol. The van der Waals surface area contributed by atoms with Gasteiger partial charge in [0.15, 0.2) is 0 Å². The molecule has 1 unspecified atom stereocenters. The lowest BCUT2D eigenvalue weighted by Crippen LogP contribution is -2.49. The maximum Gasteiger partial charge on any atom is 0.122 e. The minimum Gasteiger partial charge on any atom is -0.489 e. The molecule has 0 aliphatic heterocycles. The first-order valence-corrected chi connectivity index (χ1v) is 16.1. The number of hydrogen-bond donors (Lipinski definition) is 0. The summed E-state index contributed by atoms with van der Waals surface area (Å²) in [4.78, 5) is 0. The van der Waals surface area contributed by atoms with E-state index in [1.165, 1.54) is 55.2 Å². The standard InChI is InChI=1S/C33H39NOSi/c1-10-17-35-31-26(33(4,5)6)19-22(3)20-28(31)36(8,9)32-24-14-12-11-13-23(24)30-29(32)25-18-21(2)15-16-27(25)34(30)7/h10-16,18-20,32H,1,17H2,2-9H3. The summed E-state index contributed by atoms with van der Waals surface area (Å²) >= 11 is 0. The van der Waals surface area contributed by atoms with E-state index in [0.29, 0.717) is 12.1 Å². The van der Waals surface area contributed by atoms with Crippen LogP contribution in [0.25, 0.3) is 22.2 Å². The largest absolute Gasteiger partial charge is 0.489 e. The van der Waals surface area contributed by atoms with Gasteiger partial charge in [-0.05, 0) is 53.3 Å². The average molecular weight is 494 g/mol. The molecule has 1 aromatic heterocycles. The first kappa shape index (κ1) is 24.6. The van der Waals surface area contributed by atoms with Gasteiger partial charge >= 0.3 is 0 Å². The fourth-order valence-corrected chi connectivity index (χ4v) is 10.1. The summed E-state index contributed by atoms with van der Waals surface area (Å²) in [6, 6.07) is 20.7. The zero-order valence-electron chi connectivity index (χ0n) is 23.1. The van der Waals surface area contributed by atoms with E-state index in [4.69, 9.17) is 4.74 Å². The molecule has 3 aromatic carbocycles. The molecule has 3 heteroatoms. The van der Waals surface area contributed by atoms with Crippen LogP contribution in [0.1, 0.15) is 54.1 Å². The zero-order chi connectivity index (χ0) is 26.0. The normalized spacial score (nSPS) is 15.2. The van der Waals surface area contributed by atoms with Crippen LogP contribution < -0.4 is 9.92 Å². The highest BCUT2D eigenvalue weighted by atomic mass is 28.3. The predicted octanol–water partition coefficient (Wildman–Crippen LogP) is 7.92. The van der Waals surface area contributed by atoms with E-state index in [9.17, 15) is 0 Å². The first-order chi connectivity index (χ1) is 17.0. The van der Waals surface area contributed by atoms with Crippen molar-refractivity contribution in [3.8, 4) is 17.0 Å². The van der Waals surface area contributed by atoms with Crippen LogP contribution in [0.4, 0.5) is 0 Å². The Morgan fingerprint density at radius 3 is 2.42 bits per heavy atom. The van der Waals surface area contributed by atoms with Gasteiger partial charge in [-0.1, -0.05) is 100 Å². The SMILES string of the molecule is C=CCOc1c(C(C)(C)C)cc(C)cc1[Si](C)(C)C1c2ccccc2-c2c1c1cc(C)ccc1n2C. The van der Waals surface area contributed by atoms with E-state index in [1.54, 1.807) is 0 Å². The lowest BCUT2D eigenvalue weighted by molar-refractivity contribution is 0.353. The molecule has 1 atom stereocenters. The molecule has 0 radical (unpaired) electrons. The van der Waals surface area contributed by atoms with E-state index < -0.39 is 8.07 Å². The quantitative estimate of drug-likeness (QED) is 0.203. The molecule has 4 aromatic rings. The number of ether oxygens (including phenoxy) is 1. The number of hydrogen-bond acceptors (Lipinski definition) is 1. The molecule has 0 N–H and O–H groups in total. The monoisotopic (exact) mass is 493 g/mol. The van der Waals surface area contributed by atoms with Gasteiger partial charge < -0.3 is 9.30 Å². The number of benzene rings is 3. The van der Waals surface area contributed by atoms with E-state index in [2.05, 4.69) is 121 Å². The molecule has 0 amide bonds.